The lowest BCUT2D eigenvalue weighted by Crippen LogP contribution is -2.06. The van der Waals surface area contributed by atoms with Gasteiger partial charge in [-0.15, -0.1) is 0 Å². The zero-order chi connectivity index (χ0) is 11.3. The van der Waals surface area contributed by atoms with E-state index in [-0.39, 0.29) is 5.69 Å². The predicted octanol–water partition coefficient (Wildman–Crippen LogP) is 1.97. The van der Waals surface area contributed by atoms with Gasteiger partial charge in [0.2, 0.25) is 0 Å². The summed E-state index contributed by atoms with van der Waals surface area (Å²) < 4.78 is 10.0. The summed E-state index contributed by atoms with van der Waals surface area (Å²) in [6.45, 7) is 4.46. The fourth-order valence-corrected chi connectivity index (χ4v) is 1.15. The minimum atomic E-state index is -0.444. The van der Waals surface area contributed by atoms with Crippen LogP contribution in [-0.2, 0) is 4.74 Å². The molecule has 0 aliphatic heterocycles. The summed E-state index contributed by atoms with van der Waals surface area (Å²) in [6, 6.07) is 3.39. The van der Waals surface area contributed by atoms with Gasteiger partial charge in [-0.05, 0) is 13.3 Å². The first-order valence-electron chi connectivity index (χ1n) is 4.87. The maximum Gasteiger partial charge on any atom is 0.356 e. The van der Waals surface area contributed by atoms with Gasteiger partial charge in [-0.3, -0.25) is 0 Å². The molecule has 15 heavy (non-hydrogen) atoms. The smallest absolute Gasteiger partial charge is 0.356 e. The van der Waals surface area contributed by atoms with Crippen LogP contribution in [0, 0.1) is 6.92 Å². The number of carbonyl (C=O) groups excluding carboxylic acids is 1. The average molecular weight is 209 g/mol. The molecule has 0 bridgehead atoms. The number of carbonyl (C=O) groups is 1. The van der Waals surface area contributed by atoms with E-state index in [4.69, 9.17) is 4.74 Å². The van der Waals surface area contributed by atoms with Crippen LogP contribution in [-0.4, -0.2) is 24.7 Å². The Hall–Kier alpha value is -1.58. The van der Waals surface area contributed by atoms with E-state index in [1.54, 1.807) is 12.1 Å². The molecule has 0 amide bonds. The summed E-state index contributed by atoms with van der Waals surface area (Å²) in [5.41, 5.74) is 1.02. The SMILES string of the molecule is CCCOc1cc(C)nc(C(=O)OC)c1. The Morgan fingerprint density at radius 1 is 1.47 bits per heavy atom. The molecule has 1 heterocycles. The van der Waals surface area contributed by atoms with E-state index in [9.17, 15) is 4.79 Å². The summed E-state index contributed by atoms with van der Waals surface area (Å²) >= 11 is 0. The van der Waals surface area contributed by atoms with Crippen molar-refractivity contribution in [1.29, 1.82) is 0 Å². The number of ether oxygens (including phenoxy) is 2. The Labute approximate surface area is 89.2 Å². The van der Waals surface area contributed by atoms with Gasteiger partial charge in [-0.2, -0.15) is 0 Å². The molecule has 0 atom stereocenters. The van der Waals surface area contributed by atoms with Crippen molar-refractivity contribution in [3.63, 3.8) is 0 Å². The first-order chi connectivity index (χ1) is 7.17. The standard InChI is InChI=1S/C11H15NO3/c1-4-5-15-9-6-8(2)12-10(7-9)11(13)14-3/h6-7H,4-5H2,1-3H3. The Balaban J connectivity index is 2.89. The second-order valence-corrected chi connectivity index (χ2v) is 3.17. The summed E-state index contributed by atoms with van der Waals surface area (Å²) in [4.78, 5) is 15.3. The lowest BCUT2D eigenvalue weighted by atomic mass is 10.3. The minimum absolute atomic E-state index is 0.281. The van der Waals surface area contributed by atoms with Gasteiger partial charge in [0.15, 0.2) is 5.69 Å². The third-order valence-corrected chi connectivity index (χ3v) is 1.79. The van der Waals surface area contributed by atoms with Crippen molar-refractivity contribution >= 4 is 5.97 Å². The highest BCUT2D eigenvalue weighted by Crippen LogP contribution is 2.14. The van der Waals surface area contributed by atoms with Gasteiger partial charge >= 0.3 is 5.97 Å². The van der Waals surface area contributed by atoms with Crippen LogP contribution in [0.2, 0.25) is 0 Å². The summed E-state index contributed by atoms with van der Waals surface area (Å²) in [5.74, 6) is 0.213. The molecular formula is C11H15NO3. The second-order valence-electron chi connectivity index (χ2n) is 3.17. The first-order valence-corrected chi connectivity index (χ1v) is 4.87. The highest BCUT2D eigenvalue weighted by atomic mass is 16.5. The molecule has 1 aromatic rings. The van der Waals surface area contributed by atoms with Gasteiger partial charge in [0.1, 0.15) is 5.75 Å². The van der Waals surface area contributed by atoms with Crippen molar-refractivity contribution in [2.45, 2.75) is 20.3 Å². The van der Waals surface area contributed by atoms with Gasteiger partial charge in [0, 0.05) is 17.8 Å². The third-order valence-electron chi connectivity index (χ3n) is 1.79. The van der Waals surface area contributed by atoms with E-state index in [1.165, 1.54) is 7.11 Å². The van der Waals surface area contributed by atoms with Crippen LogP contribution in [0.25, 0.3) is 0 Å². The number of rotatable bonds is 4. The molecule has 4 heteroatoms. The molecule has 0 spiro atoms. The van der Waals surface area contributed by atoms with Crippen molar-refractivity contribution in [3.8, 4) is 5.75 Å². The van der Waals surface area contributed by atoms with Crippen molar-refractivity contribution in [2.24, 2.45) is 0 Å². The lowest BCUT2D eigenvalue weighted by Gasteiger charge is -2.06. The molecule has 0 radical (unpaired) electrons. The van der Waals surface area contributed by atoms with E-state index in [2.05, 4.69) is 9.72 Å². The normalized spacial score (nSPS) is 9.80. The monoisotopic (exact) mass is 209 g/mol. The van der Waals surface area contributed by atoms with E-state index in [0.29, 0.717) is 12.4 Å². The van der Waals surface area contributed by atoms with Crippen LogP contribution in [0.3, 0.4) is 0 Å². The van der Waals surface area contributed by atoms with Gasteiger partial charge < -0.3 is 9.47 Å². The van der Waals surface area contributed by atoms with Gasteiger partial charge in [0.25, 0.3) is 0 Å². The first kappa shape index (κ1) is 11.5. The number of methoxy groups -OCH3 is 1. The number of aryl methyl sites for hydroxylation is 1. The Kier molecular flexibility index (Phi) is 4.09. The number of hydrogen-bond donors (Lipinski definition) is 0. The number of esters is 1. The maximum absolute atomic E-state index is 11.3. The van der Waals surface area contributed by atoms with E-state index in [1.807, 2.05) is 13.8 Å². The zero-order valence-corrected chi connectivity index (χ0v) is 9.24. The fourth-order valence-electron chi connectivity index (χ4n) is 1.15. The summed E-state index contributed by atoms with van der Waals surface area (Å²) in [7, 11) is 1.33. The molecule has 0 aliphatic rings. The van der Waals surface area contributed by atoms with Crippen molar-refractivity contribution in [2.75, 3.05) is 13.7 Å². The molecule has 0 unspecified atom stereocenters. The lowest BCUT2D eigenvalue weighted by molar-refractivity contribution is 0.0593. The van der Waals surface area contributed by atoms with Crippen LogP contribution in [0.1, 0.15) is 29.5 Å². The van der Waals surface area contributed by atoms with Crippen LogP contribution in [0.4, 0.5) is 0 Å². The van der Waals surface area contributed by atoms with Crippen molar-refractivity contribution in [3.05, 3.63) is 23.5 Å². The topological polar surface area (TPSA) is 48.4 Å². The van der Waals surface area contributed by atoms with Crippen LogP contribution < -0.4 is 4.74 Å². The molecule has 1 aromatic heterocycles. The van der Waals surface area contributed by atoms with Gasteiger partial charge in [-0.25, -0.2) is 9.78 Å². The van der Waals surface area contributed by atoms with Crippen molar-refractivity contribution in [1.82, 2.24) is 4.98 Å². The Morgan fingerprint density at radius 3 is 2.80 bits per heavy atom. The molecule has 0 N–H and O–H groups in total. The Morgan fingerprint density at radius 2 is 2.20 bits per heavy atom. The van der Waals surface area contributed by atoms with Crippen LogP contribution in [0.15, 0.2) is 12.1 Å². The van der Waals surface area contributed by atoms with Crippen molar-refractivity contribution < 1.29 is 14.3 Å². The van der Waals surface area contributed by atoms with E-state index in [0.717, 1.165) is 12.1 Å². The average Bonchev–Trinajstić information content (AvgIpc) is 2.24. The Bertz CT molecular complexity index is 350. The second kappa shape index (κ2) is 5.34. The summed E-state index contributed by atoms with van der Waals surface area (Å²) in [6.07, 6.45) is 0.926. The van der Waals surface area contributed by atoms with Crippen LogP contribution >= 0.6 is 0 Å². The number of pyridine rings is 1. The van der Waals surface area contributed by atoms with E-state index < -0.39 is 5.97 Å². The maximum atomic E-state index is 11.3. The number of aromatic nitrogens is 1. The highest BCUT2D eigenvalue weighted by Gasteiger charge is 2.09. The molecule has 0 aliphatic carbocycles. The summed E-state index contributed by atoms with van der Waals surface area (Å²) in [5, 5.41) is 0. The van der Waals surface area contributed by atoms with Crippen LogP contribution in [0.5, 0.6) is 5.75 Å². The molecular weight excluding hydrogens is 194 g/mol. The van der Waals surface area contributed by atoms with Gasteiger partial charge in [0.05, 0.1) is 13.7 Å². The third kappa shape index (κ3) is 3.23. The fraction of sp³-hybridized carbons (Fsp3) is 0.455. The molecule has 0 saturated carbocycles. The molecule has 0 aromatic carbocycles. The van der Waals surface area contributed by atoms with E-state index >= 15 is 0 Å². The van der Waals surface area contributed by atoms with Gasteiger partial charge in [-0.1, -0.05) is 6.92 Å². The molecule has 1 rings (SSSR count). The molecule has 0 saturated heterocycles. The quantitative estimate of drug-likeness (QED) is 0.711. The highest BCUT2D eigenvalue weighted by molar-refractivity contribution is 5.87. The predicted molar refractivity (Wildman–Crippen MR) is 56.1 cm³/mol. The molecule has 4 nitrogen and oxygen atoms in total. The molecule has 0 fully saturated rings. The zero-order valence-electron chi connectivity index (χ0n) is 9.24. The molecule has 82 valence electrons. The minimum Gasteiger partial charge on any atom is -0.493 e. The number of nitrogens with zero attached hydrogens (tertiary/aromatic N) is 1. The largest absolute Gasteiger partial charge is 0.493 e. The number of hydrogen-bond acceptors (Lipinski definition) is 4.